The third kappa shape index (κ3) is 54.6. The van der Waals surface area contributed by atoms with Crippen LogP contribution >= 0.6 is 0 Å². The van der Waals surface area contributed by atoms with E-state index in [1.807, 2.05) is 0 Å². The van der Waals surface area contributed by atoms with E-state index in [4.69, 9.17) is 14.2 Å². The second-order valence-corrected chi connectivity index (χ2v) is 18.1. The molecule has 0 heterocycles. The Kier molecular flexibility index (Phi) is 53.0. The van der Waals surface area contributed by atoms with E-state index < -0.39 is 6.10 Å². The first-order chi connectivity index (χ1) is 34.0. The number of carbonyl (C=O) groups is 3. The molecule has 1 atom stereocenters. The monoisotopic (exact) mass is 955 g/mol. The van der Waals surface area contributed by atoms with Crippen molar-refractivity contribution < 1.29 is 28.6 Å². The van der Waals surface area contributed by atoms with Crippen molar-refractivity contribution in [3.8, 4) is 0 Å². The summed E-state index contributed by atoms with van der Waals surface area (Å²) >= 11 is 0. The van der Waals surface area contributed by atoms with Gasteiger partial charge in [-0.15, -0.1) is 0 Å². The van der Waals surface area contributed by atoms with Crippen LogP contribution in [0, 0.1) is 0 Å². The number of hydrogen-bond donors (Lipinski definition) is 0. The predicted molar refractivity (Wildman–Crippen MR) is 297 cm³/mol. The molecule has 0 aliphatic heterocycles. The van der Waals surface area contributed by atoms with Gasteiger partial charge in [0.15, 0.2) is 6.10 Å². The number of rotatable bonds is 49. The zero-order valence-electron chi connectivity index (χ0n) is 44.5. The van der Waals surface area contributed by atoms with Crippen molar-refractivity contribution in [1.29, 1.82) is 0 Å². The van der Waals surface area contributed by atoms with Gasteiger partial charge in [0.25, 0.3) is 0 Å². The van der Waals surface area contributed by atoms with E-state index in [1.165, 1.54) is 64.2 Å². The zero-order chi connectivity index (χ0) is 50.0. The molecule has 6 nitrogen and oxygen atoms in total. The van der Waals surface area contributed by atoms with Crippen LogP contribution in [-0.4, -0.2) is 37.2 Å². The third-order valence-electron chi connectivity index (χ3n) is 11.5. The molecule has 390 valence electrons. The molecule has 0 saturated heterocycles. The molecule has 0 aliphatic carbocycles. The molecule has 0 fully saturated rings. The van der Waals surface area contributed by atoms with Crippen molar-refractivity contribution in [3.63, 3.8) is 0 Å². The summed E-state index contributed by atoms with van der Waals surface area (Å²) in [5.41, 5.74) is 0. The predicted octanol–water partition coefficient (Wildman–Crippen LogP) is 18.9. The van der Waals surface area contributed by atoms with E-state index in [0.29, 0.717) is 19.3 Å². The highest BCUT2D eigenvalue weighted by Crippen LogP contribution is 2.14. The fourth-order valence-electron chi connectivity index (χ4n) is 7.33. The topological polar surface area (TPSA) is 78.9 Å². The first-order valence-electron chi connectivity index (χ1n) is 28.0. The van der Waals surface area contributed by atoms with Gasteiger partial charge in [0.2, 0.25) is 0 Å². The standard InChI is InChI=1S/C63H102O6/c1-4-7-10-13-16-19-22-25-27-28-29-30-31-32-33-34-36-38-41-44-47-50-53-56-62(65)68-59-60(58-67-61(64)55-52-49-46-43-40-37-24-21-18-15-12-9-6-3)69-63(66)57-54-51-48-45-42-39-35-26-23-20-17-14-11-8-5-2/h7-8,10-11,16-17,19-20,25-27,29-30,32-33,35-36,38,44,47,60H,4-6,9,12-15,18,21-24,28,31,34,37,39-43,45-46,48-59H2,1-3H3/b10-7-,11-8-,19-16-,20-17-,27-25-,30-29-,33-32-,35-26-,38-36-,47-44-. The fraction of sp³-hybridized carbons (Fsp3) is 0.635. The Labute approximate surface area is 424 Å². The lowest BCUT2D eigenvalue weighted by Crippen LogP contribution is -2.30. The largest absolute Gasteiger partial charge is 0.462 e. The first kappa shape index (κ1) is 64.8. The number of hydrogen-bond acceptors (Lipinski definition) is 6. The Morgan fingerprint density at radius 1 is 0.304 bits per heavy atom. The lowest BCUT2D eigenvalue weighted by atomic mass is 10.0. The highest BCUT2D eigenvalue weighted by molar-refractivity contribution is 5.71. The molecule has 0 saturated carbocycles. The molecule has 0 aromatic carbocycles. The van der Waals surface area contributed by atoms with Gasteiger partial charge in [0, 0.05) is 19.3 Å². The number of esters is 3. The van der Waals surface area contributed by atoms with Crippen molar-refractivity contribution in [2.75, 3.05) is 13.2 Å². The Hall–Kier alpha value is -4.19. The van der Waals surface area contributed by atoms with E-state index in [1.54, 1.807) is 0 Å². The Bertz CT molecular complexity index is 1470. The Morgan fingerprint density at radius 2 is 0.580 bits per heavy atom. The molecule has 0 aromatic heterocycles. The van der Waals surface area contributed by atoms with Gasteiger partial charge in [-0.25, -0.2) is 0 Å². The summed E-state index contributed by atoms with van der Waals surface area (Å²) in [4.78, 5) is 38.1. The molecule has 0 bridgehead atoms. The van der Waals surface area contributed by atoms with Gasteiger partial charge < -0.3 is 14.2 Å². The average Bonchev–Trinajstić information content (AvgIpc) is 3.35. The van der Waals surface area contributed by atoms with Gasteiger partial charge >= 0.3 is 17.9 Å². The lowest BCUT2D eigenvalue weighted by molar-refractivity contribution is -0.167. The SMILES string of the molecule is CC/C=C\C/C=C\C/C=C\C/C=C\C/C=C\C/C=C\C/C=C\CCCC(=O)OCC(COC(=O)CCCCCCCCCCCCCCC)OC(=O)CCCCCCC/C=C\C/C=C\C/C=C\CC. The minimum Gasteiger partial charge on any atom is -0.462 e. The van der Waals surface area contributed by atoms with Crippen molar-refractivity contribution >= 4 is 17.9 Å². The summed E-state index contributed by atoms with van der Waals surface area (Å²) in [6.07, 6.45) is 77.6. The van der Waals surface area contributed by atoms with E-state index in [9.17, 15) is 14.4 Å². The van der Waals surface area contributed by atoms with Crippen LogP contribution in [0.25, 0.3) is 0 Å². The van der Waals surface area contributed by atoms with E-state index in [2.05, 4.69) is 142 Å². The molecule has 0 aromatic rings. The molecule has 0 N–H and O–H groups in total. The molecular weight excluding hydrogens is 853 g/mol. The molecular formula is C63H102O6. The summed E-state index contributed by atoms with van der Waals surface area (Å²) in [5, 5.41) is 0. The van der Waals surface area contributed by atoms with Gasteiger partial charge in [-0.1, -0.05) is 239 Å². The normalized spacial score (nSPS) is 13.0. The van der Waals surface area contributed by atoms with Gasteiger partial charge in [-0.2, -0.15) is 0 Å². The second-order valence-electron chi connectivity index (χ2n) is 18.1. The van der Waals surface area contributed by atoms with Gasteiger partial charge in [0.1, 0.15) is 13.2 Å². The van der Waals surface area contributed by atoms with Crippen molar-refractivity contribution in [3.05, 3.63) is 122 Å². The van der Waals surface area contributed by atoms with Crippen LogP contribution in [0.4, 0.5) is 0 Å². The maximum Gasteiger partial charge on any atom is 0.306 e. The van der Waals surface area contributed by atoms with E-state index >= 15 is 0 Å². The number of carbonyl (C=O) groups excluding carboxylic acids is 3. The fourth-order valence-corrected chi connectivity index (χ4v) is 7.33. The quantitative estimate of drug-likeness (QED) is 0.0262. The minimum atomic E-state index is -0.812. The Morgan fingerprint density at radius 3 is 0.942 bits per heavy atom. The smallest absolute Gasteiger partial charge is 0.306 e. The van der Waals surface area contributed by atoms with Crippen molar-refractivity contribution in [1.82, 2.24) is 0 Å². The summed E-state index contributed by atoms with van der Waals surface area (Å²) in [5.74, 6) is -0.986. The molecule has 69 heavy (non-hydrogen) atoms. The lowest BCUT2D eigenvalue weighted by Gasteiger charge is -2.18. The first-order valence-corrected chi connectivity index (χ1v) is 28.0. The molecule has 0 spiro atoms. The average molecular weight is 956 g/mol. The second kappa shape index (κ2) is 56.4. The summed E-state index contributed by atoms with van der Waals surface area (Å²) in [7, 11) is 0. The molecule has 0 amide bonds. The number of unbranched alkanes of at least 4 members (excludes halogenated alkanes) is 18. The van der Waals surface area contributed by atoms with Crippen molar-refractivity contribution in [2.45, 2.75) is 245 Å². The van der Waals surface area contributed by atoms with Gasteiger partial charge in [-0.3, -0.25) is 14.4 Å². The van der Waals surface area contributed by atoms with Crippen LogP contribution in [0.3, 0.4) is 0 Å². The maximum absolute atomic E-state index is 12.8. The number of ether oxygens (including phenoxy) is 3. The molecule has 6 heteroatoms. The van der Waals surface area contributed by atoms with Crippen LogP contribution < -0.4 is 0 Å². The van der Waals surface area contributed by atoms with Crippen LogP contribution in [0.1, 0.15) is 239 Å². The highest BCUT2D eigenvalue weighted by atomic mass is 16.6. The minimum absolute atomic E-state index is 0.104. The van der Waals surface area contributed by atoms with Gasteiger partial charge in [-0.05, 0) is 103 Å². The van der Waals surface area contributed by atoms with Gasteiger partial charge in [0.05, 0.1) is 0 Å². The molecule has 0 aliphatic rings. The summed E-state index contributed by atoms with van der Waals surface area (Å²) < 4.78 is 16.8. The maximum atomic E-state index is 12.8. The van der Waals surface area contributed by atoms with Crippen LogP contribution in [0.15, 0.2) is 122 Å². The molecule has 1 unspecified atom stereocenters. The van der Waals surface area contributed by atoms with E-state index in [-0.39, 0.29) is 37.5 Å². The van der Waals surface area contributed by atoms with Crippen molar-refractivity contribution in [2.24, 2.45) is 0 Å². The molecule has 0 rings (SSSR count). The Balaban J connectivity index is 4.49. The third-order valence-corrected chi connectivity index (χ3v) is 11.5. The summed E-state index contributed by atoms with van der Waals surface area (Å²) in [6.45, 7) is 6.34. The summed E-state index contributed by atoms with van der Waals surface area (Å²) in [6, 6.07) is 0. The van der Waals surface area contributed by atoms with Crippen LogP contribution in [0.2, 0.25) is 0 Å². The highest BCUT2D eigenvalue weighted by Gasteiger charge is 2.19. The number of allylic oxidation sites excluding steroid dienone is 20. The zero-order valence-corrected chi connectivity index (χ0v) is 44.5. The van der Waals surface area contributed by atoms with Crippen LogP contribution in [-0.2, 0) is 28.6 Å². The molecule has 0 radical (unpaired) electrons. The van der Waals surface area contributed by atoms with Crippen LogP contribution in [0.5, 0.6) is 0 Å². The van der Waals surface area contributed by atoms with E-state index in [0.717, 1.165) is 128 Å².